The largest absolute Gasteiger partial charge is 0.378 e. The fraction of sp³-hybridized carbons (Fsp3) is 0.571. The maximum atomic E-state index is 6.12. The van der Waals surface area contributed by atoms with Crippen LogP contribution in [0.5, 0.6) is 0 Å². The molecule has 100 valence electrons. The monoisotopic (exact) mass is 287 g/mol. The summed E-state index contributed by atoms with van der Waals surface area (Å²) in [6.07, 6.45) is 2.64. The van der Waals surface area contributed by atoms with Crippen LogP contribution in [0.4, 0.5) is 0 Å². The molecule has 0 amide bonds. The Balaban J connectivity index is 1.83. The topological polar surface area (TPSA) is 21.3 Å². The van der Waals surface area contributed by atoms with Gasteiger partial charge in [-0.1, -0.05) is 30.1 Å². The minimum Gasteiger partial charge on any atom is -0.378 e. The lowest BCUT2D eigenvalue weighted by molar-refractivity contribution is 0.0872. The van der Waals surface area contributed by atoms with E-state index in [0.29, 0.717) is 12.0 Å². The molecule has 1 saturated heterocycles. The van der Waals surface area contributed by atoms with E-state index in [1.807, 2.05) is 18.2 Å². The Morgan fingerprint density at radius 2 is 2.22 bits per heavy atom. The standard InChI is InChI=1S/C14H19Cl2NO/c1-2-14-10(5-6-18-14)8-17-9-11-7-12(15)3-4-13(11)16/h3-4,7,10,14,17H,2,5-6,8-9H2,1H3. The quantitative estimate of drug-likeness (QED) is 0.887. The van der Waals surface area contributed by atoms with Crippen molar-refractivity contribution in [1.29, 1.82) is 0 Å². The third-order valence-corrected chi connectivity index (χ3v) is 4.08. The highest BCUT2D eigenvalue weighted by Crippen LogP contribution is 2.23. The van der Waals surface area contributed by atoms with E-state index in [-0.39, 0.29) is 0 Å². The van der Waals surface area contributed by atoms with Gasteiger partial charge < -0.3 is 10.1 Å². The molecule has 1 heterocycles. The Hall–Kier alpha value is -0.280. The molecular weight excluding hydrogens is 269 g/mol. The normalized spacial score (nSPS) is 23.5. The van der Waals surface area contributed by atoms with E-state index in [0.717, 1.165) is 48.1 Å². The number of ether oxygens (including phenoxy) is 1. The second kappa shape index (κ2) is 6.76. The fourth-order valence-electron chi connectivity index (χ4n) is 2.45. The van der Waals surface area contributed by atoms with Crippen molar-refractivity contribution < 1.29 is 4.74 Å². The van der Waals surface area contributed by atoms with Gasteiger partial charge in [0.2, 0.25) is 0 Å². The van der Waals surface area contributed by atoms with Crippen LogP contribution in [0, 0.1) is 5.92 Å². The zero-order valence-electron chi connectivity index (χ0n) is 10.6. The SMILES string of the molecule is CCC1OCCC1CNCc1cc(Cl)ccc1Cl. The summed E-state index contributed by atoms with van der Waals surface area (Å²) in [4.78, 5) is 0. The first-order valence-corrected chi connectivity index (χ1v) is 7.22. The summed E-state index contributed by atoms with van der Waals surface area (Å²) in [5, 5.41) is 4.95. The van der Waals surface area contributed by atoms with Gasteiger partial charge in [0.25, 0.3) is 0 Å². The maximum Gasteiger partial charge on any atom is 0.0613 e. The van der Waals surface area contributed by atoms with Crippen LogP contribution < -0.4 is 5.32 Å². The van der Waals surface area contributed by atoms with Crippen molar-refractivity contribution in [2.24, 2.45) is 5.92 Å². The molecule has 2 unspecified atom stereocenters. The van der Waals surface area contributed by atoms with Crippen molar-refractivity contribution in [1.82, 2.24) is 5.32 Å². The lowest BCUT2D eigenvalue weighted by Crippen LogP contribution is -2.28. The van der Waals surface area contributed by atoms with Gasteiger partial charge in [-0.25, -0.2) is 0 Å². The van der Waals surface area contributed by atoms with Crippen LogP contribution in [0.2, 0.25) is 10.0 Å². The summed E-state index contributed by atoms with van der Waals surface area (Å²) in [5.74, 6) is 0.618. The van der Waals surface area contributed by atoms with E-state index in [9.17, 15) is 0 Å². The Morgan fingerprint density at radius 1 is 1.39 bits per heavy atom. The smallest absolute Gasteiger partial charge is 0.0613 e. The summed E-state index contributed by atoms with van der Waals surface area (Å²) in [7, 11) is 0. The number of benzene rings is 1. The number of hydrogen-bond donors (Lipinski definition) is 1. The van der Waals surface area contributed by atoms with Gasteiger partial charge in [-0.15, -0.1) is 0 Å². The number of halogens is 2. The lowest BCUT2D eigenvalue weighted by atomic mass is 9.99. The first-order valence-electron chi connectivity index (χ1n) is 6.47. The van der Waals surface area contributed by atoms with Crippen LogP contribution in [-0.4, -0.2) is 19.3 Å². The van der Waals surface area contributed by atoms with Gasteiger partial charge in [-0.05, 0) is 42.5 Å². The highest BCUT2D eigenvalue weighted by atomic mass is 35.5. The molecule has 1 fully saturated rings. The predicted molar refractivity (Wildman–Crippen MR) is 76.3 cm³/mol. The van der Waals surface area contributed by atoms with Crippen LogP contribution in [0.25, 0.3) is 0 Å². The van der Waals surface area contributed by atoms with Crippen LogP contribution >= 0.6 is 23.2 Å². The summed E-state index contributed by atoms with van der Waals surface area (Å²) in [5.41, 5.74) is 1.05. The summed E-state index contributed by atoms with van der Waals surface area (Å²) >= 11 is 12.1. The van der Waals surface area contributed by atoms with Gasteiger partial charge >= 0.3 is 0 Å². The molecule has 2 rings (SSSR count). The summed E-state index contributed by atoms with van der Waals surface area (Å²) in [6, 6.07) is 5.57. The van der Waals surface area contributed by atoms with Gasteiger partial charge in [0.1, 0.15) is 0 Å². The average Bonchev–Trinajstić information content (AvgIpc) is 2.81. The van der Waals surface area contributed by atoms with E-state index < -0.39 is 0 Å². The third kappa shape index (κ3) is 3.61. The van der Waals surface area contributed by atoms with Crippen LogP contribution in [0.15, 0.2) is 18.2 Å². The van der Waals surface area contributed by atoms with E-state index in [1.165, 1.54) is 0 Å². The van der Waals surface area contributed by atoms with Crippen LogP contribution in [-0.2, 0) is 11.3 Å². The molecular formula is C14H19Cl2NO. The molecule has 18 heavy (non-hydrogen) atoms. The van der Waals surface area contributed by atoms with Crippen molar-refractivity contribution in [3.63, 3.8) is 0 Å². The zero-order chi connectivity index (χ0) is 13.0. The lowest BCUT2D eigenvalue weighted by Gasteiger charge is -2.17. The molecule has 1 N–H and O–H groups in total. The molecule has 1 aromatic carbocycles. The first kappa shape index (κ1) is 14.1. The maximum absolute atomic E-state index is 6.12. The first-order chi connectivity index (χ1) is 8.70. The molecule has 0 spiro atoms. The van der Waals surface area contributed by atoms with Gasteiger partial charge in [-0.3, -0.25) is 0 Å². The predicted octanol–water partition coefficient (Wildman–Crippen LogP) is 3.90. The van der Waals surface area contributed by atoms with Crippen molar-refractivity contribution in [3.8, 4) is 0 Å². The minimum absolute atomic E-state index is 0.410. The molecule has 2 nitrogen and oxygen atoms in total. The molecule has 4 heteroatoms. The van der Waals surface area contributed by atoms with Crippen LogP contribution in [0.3, 0.4) is 0 Å². The van der Waals surface area contributed by atoms with E-state index in [1.54, 1.807) is 0 Å². The molecule has 1 aromatic rings. The third-order valence-electron chi connectivity index (χ3n) is 3.48. The molecule has 0 aliphatic carbocycles. The highest BCUT2D eigenvalue weighted by molar-refractivity contribution is 6.33. The van der Waals surface area contributed by atoms with E-state index in [4.69, 9.17) is 27.9 Å². The number of hydrogen-bond acceptors (Lipinski definition) is 2. The molecule has 0 saturated carbocycles. The van der Waals surface area contributed by atoms with Gasteiger partial charge in [0, 0.05) is 29.7 Å². The van der Waals surface area contributed by atoms with Gasteiger partial charge in [-0.2, -0.15) is 0 Å². The van der Waals surface area contributed by atoms with Crippen molar-refractivity contribution >= 4 is 23.2 Å². The Kier molecular flexibility index (Phi) is 5.31. The van der Waals surface area contributed by atoms with Crippen LogP contribution in [0.1, 0.15) is 25.3 Å². The summed E-state index contributed by atoms with van der Waals surface area (Å²) < 4.78 is 5.67. The Bertz CT molecular complexity index is 397. The van der Waals surface area contributed by atoms with Gasteiger partial charge in [0.15, 0.2) is 0 Å². The van der Waals surface area contributed by atoms with Crippen molar-refractivity contribution in [2.75, 3.05) is 13.2 Å². The second-order valence-electron chi connectivity index (χ2n) is 4.73. The molecule has 0 radical (unpaired) electrons. The summed E-state index contributed by atoms with van der Waals surface area (Å²) in [6.45, 7) is 4.80. The molecule has 2 atom stereocenters. The van der Waals surface area contributed by atoms with Gasteiger partial charge in [0.05, 0.1) is 6.10 Å². The number of rotatable bonds is 5. The number of nitrogens with one attached hydrogen (secondary N) is 1. The van der Waals surface area contributed by atoms with Crippen molar-refractivity contribution in [3.05, 3.63) is 33.8 Å². The Morgan fingerprint density at radius 3 is 3.00 bits per heavy atom. The molecule has 1 aliphatic rings. The Labute approximate surface area is 119 Å². The average molecular weight is 288 g/mol. The van der Waals surface area contributed by atoms with Crippen molar-refractivity contribution in [2.45, 2.75) is 32.4 Å². The van der Waals surface area contributed by atoms with E-state index >= 15 is 0 Å². The molecule has 0 aromatic heterocycles. The second-order valence-corrected chi connectivity index (χ2v) is 5.58. The molecule has 0 bridgehead atoms. The zero-order valence-corrected chi connectivity index (χ0v) is 12.1. The van der Waals surface area contributed by atoms with E-state index in [2.05, 4.69) is 12.2 Å². The fourth-order valence-corrected chi connectivity index (χ4v) is 2.83. The minimum atomic E-state index is 0.410. The highest BCUT2D eigenvalue weighted by Gasteiger charge is 2.25. The molecule has 1 aliphatic heterocycles.